The number of methoxy groups -OCH3 is 3. The van der Waals surface area contributed by atoms with Crippen molar-refractivity contribution < 1.29 is 32.2 Å². The fourth-order valence-corrected chi connectivity index (χ4v) is 5.80. The molecular weight excluding hydrogens is 412 g/mol. The maximum absolute atomic E-state index is 13.3. The third-order valence-electron chi connectivity index (χ3n) is 5.72. The van der Waals surface area contributed by atoms with E-state index < -0.39 is 16.1 Å². The van der Waals surface area contributed by atoms with Crippen molar-refractivity contribution in [3.05, 3.63) is 18.2 Å². The smallest absolute Gasteiger partial charge is 0.310 e. The molecule has 9 nitrogen and oxygen atoms in total. The van der Waals surface area contributed by atoms with E-state index in [1.807, 2.05) is 0 Å². The Hall–Kier alpha value is -2.33. The highest BCUT2D eigenvalue weighted by Gasteiger charge is 2.42. The second kappa shape index (κ2) is 9.22. The number of piperidine rings is 1. The molecule has 1 aromatic carbocycles. The molecule has 2 atom stereocenters. The molecule has 0 aromatic heterocycles. The highest BCUT2D eigenvalue weighted by atomic mass is 32.2. The van der Waals surface area contributed by atoms with Crippen LogP contribution in [0.15, 0.2) is 23.1 Å². The molecule has 2 saturated heterocycles. The normalized spacial score (nSPS) is 22.6. The molecule has 0 saturated carbocycles. The molecule has 10 heteroatoms. The van der Waals surface area contributed by atoms with E-state index in [1.165, 1.54) is 43.8 Å². The molecule has 0 bridgehead atoms. The Morgan fingerprint density at radius 3 is 2.37 bits per heavy atom. The lowest BCUT2D eigenvalue weighted by molar-refractivity contribution is -0.149. The lowest BCUT2D eigenvalue weighted by Gasteiger charge is -2.35. The standard InChI is InChI=1S/C20H28N2O7S/c1-27-17-9-8-15(12-18(17)28-2)30(25,26)22-11-5-7-16(22)19(23)21-10-4-6-14(13-21)20(24)29-3/h8-9,12,14,16H,4-7,10-11,13H2,1-3H3. The lowest BCUT2D eigenvalue weighted by Crippen LogP contribution is -2.51. The molecular formula is C20H28N2O7S. The summed E-state index contributed by atoms with van der Waals surface area (Å²) in [6, 6.07) is 3.61. The summed E-state index contributed by atoms with van der Waals surface area (Å²) in [4.78, 5) is 26.7. The number of sulfonamides is 1. The maximum Gasteiger partial charge on any atom is 0.310 e. The fourth-order valence-electron chi connectivity index (χ4n) is 4.13. The number of likely N-dealkylation sites (tertiary alicyclic amines) is 1. The number of nitrogens with zero attached hydrogens (tertiary/aromatic N) is 2. The zero-order valence-electron chi connectivity index (χ0n) is 17.5. The Bertz CT molecular complexity index is 902. The number of carbonyl (C=O) groups excluding carboxylic acids is 2. The summed E-state index contributed by atoms with van der Waals surface area (Å²) >= 11 is 0. The van der Waals surface area contributed by atoms with E-state index >= 15 is 0 Å². The van der Waals surface area contributed by atoms with Gasteiger partial charge in [0.2, 0.25) is 15.9 Å². The summed E-state index contributed by atoms with van der Waals surface area (Å²) in [7, 11) is 0.335. The molecule has 2 aliphatic heterocycles. The van der Waals surface area contributed by atoms with Crippen LogP contribution < -0.4 is 9.47 Å². The van der Waals surface area contributed by atoms with Gasteiger partial charge in [-0.1, -0.05) is 0 Å². The van der Waals surface area contributed by atoms with Crippen LogP contribution in [0.1, 0.15) is 25.7 Å². The van der Waals surface area contributed by atoms with E-state index in [0.29, 0.717) is 43.7 Å². The quantitative estimate of drug-likeness (QED) is 0.614. The first-order valence-electron chi connectivity index (χ1n) is 9.94. The summed E-state index contributed by atoms with van der Waals surface area (Å²) in [6.07, 6.45) is 2.39. The molecule has 2 unspecified atom stereocenters. The Balaban J connectivity index is 1.82. The van der Waals surface area contributed by atoms with Crippen LogP contribution in [-0.4, -0.2) is 76.5 Å². The van der Waals surface area contributed by atoms with Crippen molar-refractivity contribution in [3.63, 3.8) is 0 Å². The average Bonchev–Trinajstić information content (AvgIpc) is 3.28. The lowest BCUT2D eigenvalue weighted by atomic mass is 9.97. The first-order valence-corrected chi connectivity index (χ1v) is 11.4. The molecule has 3 rings (SSSR count). The van der Waals surface area contributed by atoms with Crippen molar-refractivity contribution >= 4 is 21.9 Å². The minimum atomic E-state index is -3.90. The van der Waals surface area contributed by atoms with Crippen LogP contribution in [0.4, 0.5) is 0 Å². The summed E-state index contributed by atoms with van der Waals surface area (Å²) < 4.78 is 43.1. The van der Waals surface area contributed by atoms with Gasteiger partial charge in [0.05, 0.1) is 32.1 Å². The summed E-state index contributed by atoms with van der Waals surface area (Å²) in [5.74, 6) is -0.242. The van der Waals surface area contributed by atoms with Gasteiger partial charge in [-0.25, -0.2) is 8.42 Å². The molecule has 1 aromatic rings. The van der Waals surface area contributed by atoms with Crippen molar-refractivity contribution in [2.45, 2.75) is 36.6 Å². The van der Waals surface area contributed by atoms with Crippen molar-refractivity contribution in [1.82, 2.24) is 9.21 Å². The van der Waals surface area contributed by atoms with Crippen LogP contribution >= 0.6 is 0 Å². The molecule has 166 valence electrons. The van der Waals surface area contributed by atoms with Crippen molar-refractivity contribution in [2.75, 3.05) is 41.0 Å². The van der Waals surface area contributed by atoms with Gasteiger partial charge in [0.15, 0.2) is 11.5 Å². The van der Waals surface area contributed by atoms with Crippen molar-refractivity contribution in [3.8, 4) is 11.5 Å². The molecule has 0 aliphatic carbocycles. The monoisotopic (exact) mass is 440 g/mol. The summed E-state index contributed by atoms with van der Waals surface area (Å²) in [5, 5.41) is 0. The van der Waals surface area contributed by atoms with Gasteiger partial charge < -0.3 is 19.1 Å². The number of amides is 1. The van der Waals surface area contributed by atoms with Gasteiger partial charge in [-0.05, 0) is 37.8 Å². The number of rotatable bonds is 6. The Morgan fingerprint density at radius 1 is 1.00 bits per heavy atom. The SMILES string of the molecule is COC(=O)C1CCCN(C(=O)C2CCCN2S(=O)(=O)c2ccc(OC)c(OC)c2)C1. The zero-order chi connectivity index (χ0) is 21.9. The maximum atomic E-state index is 13.3. The first-order chi connectivity index (χ1) is 14.3. The predicted molar refractivity (Wildman–Crippen MR) is 108 cm³/mol. The molecule has 1 amide bonds. The number of benzene rings is 1. The minimum absolute atomic E-state index is 0.0472. The van der Waals surface area contributed by atoms with E-state index in [0.717, 1.165) is 0 Å². The summed E-state index contributed by atoms with van der Waals surface area (Å²) in [5.41, 5.74) is 0. The highest BCUT2D eigenvalue weighted by Crippen LogP contribution is 2.33. The molecule has 2 fully saturated rings. The van der Waals surface area contributed by atoms with E-state index in [1.54, 1.807) is 4.90 Å². The number of carbonyl (C=O) groups is 2. The first kappa shape index (κ1) is 22.4. The number of esters is 1. The molecule has 0 N–H and O–H groups in total. The van der Waals surface area contributed by atoms with Gasteiger partial charge in [-0.3, -0.25) is 9.59 Å². The van der Waals surface area contributed by atoms with E-state index in [4.69, 9.17) is 14.2 Å². The average molecular weight is 441 g/mol. The number of hydrogen-bond acceptors (Lipinski definition) is 7. The second-order valence-electron chi connectivity index (χ2n) is 7.44. The van der Waals surface area contributed by atoms with Gasteiger partial charge in [0.25, 0.3) is 0 Å². The van der Waals surface area contributed by atoms with Crippen LogP contribution in [0, 0.1) is 5.92 Å². The van der Waals surface area contributed by atoms with Crippen LogP contribution in [0.25, 0.3) is 0 Å². The van der Waals surface area contributed by atoms with Gasteiger partial charge in [-0.2, -0.15) is 4.31 Å². The molecule has 0 radical (unpaired) electrons. The van der Waals surface area contributed by atoms with E-state index in [2.05, 4.69) is 0 Å². The third kappa shape index (κ3) is 4.24. The van der Waals surface area contributed by atoms with Gasteiger partial charge in [0.1, 0.15) is 6.04 Å². The molecule has 2 heterocycles. The van der Waals surface area contributed by atoms with E-state index in [-0.39, 0.29) is 35.8 Å². The summed E-state index contributed by atoms with van der Waals surface area (Å²) in [6.45, 7) is 1.03. The van der Waals surface area contributed by atoms with Gasteiger partial charge >= 0.3 is 5.97 Å². The van der Waals surface area contributed by atoms with Crippen LogP contribution in [0.3, 0.4) is 0 Å². The van der Waals surface area contributed by atoms with Gasteiger partial charge in [-0.15, -0.1) is 0 Å². The van der Waals surface area contributed by atoms with Crippen molar-refractivity contribution in [1.29, 1.82) is 0 Å². The molecule has 2 aliphatic rings. The minimum Gasteiger partial charge on any atom is -0.493 e. The Kier molecular flexibility index (Phi) is 6.87. The third-order valence-corrected chi connectivity index (χ3v) is 7.62. The van der Waals surface area contributed by atoms with Crippen LogP contribution in [0.5, 0.6) is 11.5 Å². The second-order valence-corrected chi connectivity index (χ2v) is 9.33. The van der Waals surface area contributed by atoms with Gasteiger partial charge in [0, 0.05) is 25.7 Å². The highest BCUT2D eigenvalue weighted by molar-refractivity contribution is 7.89. The Labute approximate surface area is 176 Å². The van der Waals surface area contributed by atoms with E-state index in [9.17, 15) is 18.0 Å². The predicted octanol–water partition coefficient (Wildman–Crippen LogP) is 1.27. The van der Waals surface area contributed by atoms with Crippen molar-refractivity contribution in [2.24, 2.45) is 5.92 Å². The topological polar surface area (TPSA) is 102 Å². The number of ether oxygens (including phenoxy) is 3. The number of hydrogen-bond donors (Lipinski definition) is 0. The van der Waals surface area contributed by atoms with Crippen LogP contribution in [0.2, 0.25) is 0 Å². The molecule has 0 spiro atoms. The Morgan fingerprint density at radius 2 is 1.70 bits per heavy atom. The molecule has 30 heavy (non-hydrogen) atoms. The zero-order valence-corrected chi connectivity index (χ0v) is 18.3. The fraction of sp³-hybridized carbons (Fsp3) is 0.600. The van der Waals surface area contributed by atoms with Crippen LogP contribution in [-0.2, 0) is 24.3 Å². The largest absolute Gasteiger partial charge is 0.493 e.